The number of carbonyl (C=O) groups is 2. The van der Waals surface area contributed by atoms with Crippen molar-refractivity contribution >= 4 is 11.9 Å². The summed E-state index contributed by atoms with van der Waals surface area (Å²) in [6.07, 6.45) is 5.10. The minimum Gasteiger partial charge on any atom is -0.495 e. The lowest BCUT2D eigenvalue weighted by molar-refractivity contribution is -0.149. The first-order chi connectivity index (χ1) is 17.7. The Balaban J connectivity index is 1.53. The lowest BCUT2D eigenvalue weighted by Crippen LogP contribution is -2.53. The first-order valence-corrected chi connectivity index (χ1v) is 12.5. The standard InChI is InChI=1S/C28H32FN5O3/c1-18-14-33(17-31-18)24-10-7-21(13-25(24)37-3)23-15-32(27(30)36)16-28(23)11-4-12-34(26(28)35)19(2)20-5-8-22(29)9-6-20/h5-10,13-14,17,19,23H,4,11-12,15-16H2,1-3H3,(H2,30,36)/t19-,23?,28?/m0/s1. The van der Waals surface area contributed by atoms with Crippen LogP contribution in [-0.4, -0.2) is 58.0 Å². The zero-order valence-electron chi connectivity index (χ0n) is 21.4. The highest BCUT2D eigenvalue weighted by Gasteiger charge is 2.56. The Morgan fingerprint density at radius 1 is 1.24 bits per heavy atom. The van der Waals surface area contributed by atoms with E-state index in [1.807, 2.05) is 47.7 Å². The third-order valence-corrected chi connectivity index (χ3v) is 7.98. The van der Waals surface area contributed by atoms with Gasteiger partial charge in [0.25, 0.3) is 0 Å². The summed E-state index contributed by atoms with van der Waals surface area (Å²) in [5.41, 5.74) is 8.44. The van der Waals surface area contributed by atoms with Crippen LogP contribution in [0.1, 0.15) is 48.5 Å². The fourth-order valence-electron chi connectivity index (χ4n) is 6.00. The van der Waals surface area contributed by atoms with E-state index < -0.39 is 11.4 Å². The summed E-state index contributed by atoms with van der Waals surface area (Å²) in [6.45, 7) is 5.11. The number of nitrogens with zero attached hydrogens (tertiary/aromatic N) is 4. The van der Waals surface area contributed by atoms with E-state index in [2.05, 4.69) is 4.98 Å². The van der Waals surface area contributed by atoms with Gasteiger partial charge in [0, 0.05) is 31.7 Å². The van der Waals surface area contributed by atoms with Crippen LogP contribution in [0.5, 0.6) is 5.75 Å². The lowest BCUT2D eigenvalue weighted by Gasteiger charge is -2.45. The number of amides is 3. The van der Waals surface area contributed by atoms with Gasteiger partial charge in [-0.15, -0.1) is 0 Å². The van der Waals surface area contributed by atoms with Crippen molar-refractivity contribution in [3.63, 3.8) is 0 Å². The molecule has 2 saturated heterocycles. The van der Waals surface area contributed by atoms with E-state index in [4.69, 9.17) is 10.5 Å². The molecule has 2 N–H and O–H groups in total. The first kappa shape index (κ1) is 24.8. The number of primary amides is 1. The number of hydrogen-bond acceptors (Lipinski definition) is 4. The Morgan fingerprint density at radius 3 is 2.65 bits per heavy atom. The van der Waals surface area contributed by atoms with Crippen LogP contribution in [0.4, 0.5) is 9.18 Å². The predicted molar refractivity (Wildman–Crippen MR) is 137 cm³/mol. The van der Waals surface area contributed by atoms with E-state index in [0.29, 0.717) is 25.3 Å². The molecule has 3 amide bonds. The summed E-state index contributed by atoms with van der Waals surface area (Å²) in [4.78, 5) is 34.3. The van der Waals surface area contributed by atoms with Gasteiger partial charge in [-0.1, -0.05) is 18.2 Å². The molecule has 3 heterocycles. The topological polar surface area (TPSA) is 93.7 Å². The summed E-state index contributed by atoms with van der Waals surface area (Å²) in [6, 6.07) is 11.4. The molecule has 9 heteroatoms. The largest absolute Gasteiger partial charge is 0.495 e. The van der Waals surface area contributed by atoms with Crippen molar-refractivity contribution in [2.75, 3.05) is 26.7 Å². The second-order valence-electron chi connectivity index (χ2n) is 10.1. The molecule has 194 valence electrons. The summed E-state index contributed by atoms with van der Waals surface area (Å²) >= 11 is 0. The highest BCUT2D eigenvalue weighted by Crippen LogP contribution is 2.51. The van der Waals surface area contributed by atoms with Gasteiger partial charge in [-0.25, -0.2) is 14.2 Å². The maximum absolute atomic E-state index is 14.3. The number of imidazole rings is 1. The number of ether oxygens (including phenoxy) is 1. The van der Waals surface area contributed by atoms with Gasteiger partial charge in [-0.3, -0.25) is 4.79 Å². The van der Waals surface area contributed by atoms with Gasteiger partial charge >= 0.3 is 6.03 Å². The van der Waals surface area contributed by atoms with E-state index in [0.717, 1.165) is 28.9 Å². The van der Waals surface area contributed by atoms with Crippen LogP contribution in [0.2, 0.25) is 0 Å². The Morgan fingerprint density at radius 2 is 2.00 bits per heavy atom. The predicted octanol–water partition coefficient (Wildman–Crippen LogP) is 4.18. The number of methoxy groups -OCH3 is 1. The molecule has 0 saturated carbocycles. The summed E-state index contributed by atoms with van der Waals surface area (Å²) in [5, 5.41) is 0. The normalized spacial score (nSPS) is 22.5. The zero-order chi connectivity index (χ0) is 26.3. The number of aryl methyl sites for hydroxylation is 1. The zero-order valence-corrected chi connectivity index (χ0v) is 21.4. The third-order valence-electron chi connectivity index (χ3n) is 7.98. The van der Waals surface area contributed by atoms with E-state index >= 15 is 0 Å². The number of likely N-dealkylation sites (tertiary alicyclic amines) is 2. The van der Waals surface area contributed by atoms with Crippen LogP contribution < -0.4 is 10.5 Å². The molecular formula is C28H32FN5O3. The Hall–Kier alpha value is -3.88. The van der Waals surface area contributed by atoms with Gasteiger partial charge in [-0.2, -0.15) is 0 Å². The van der Waals surface area contributed by atoms with Crippen LogP contribution in [0.25, 0.3) is 5.69 Å². The SMILES string of the molecule is COc1cc(C2CN(C(N)=O)CC23CCCN([C@@H](C)c2ccc(F)cc2)C3=O)ccc1-n1cnc(C)c1. The average Bonchev–Trinajstić information content (AvgIpc) is 3.50. The highest BCUT2D eigenvalue weighted by molar-refractivity contribution is 5.87. The van der Waals surface area contributed by atoms with Gasteiger partial charge < -0.3 is 24.8 Å². The average molecular weight is 506 g/mol. The fraction of sp³-hybridized carbons (Fsp3) is 0.393. The number of nitrogens with two attached hydrogens (primary N) is 1. The van der Waals surface area contributed by atoms with Gasteiger partial charge in [0.2, 0.25) is 5.91 Å². The minimum absolute atomic E-state index is 0.00222. The quantitative estimate of drug-likeness (QED) is 0.563. The number of benzene rings is 2. The van der Waals surface area contributed by atoms with Crippen molar-refractivity contribution in [1.29, 1.82) is 0 Å². The van der Waals surface area contributed by atoms with Crippen LogP contribution in [-0.2, 0) is 4.79 Å². The van der Waals surface area contributed by atoms with Crippen molar-refractivity contribution in [1.82, 2.24) is 19.4 Å². The molecule has 2 aliphatic rings. The van der Waals surface area contributed by atoms with Crippen LogP contribution >= 0.6 is 0 Å². The first-order valence-electron chi connectivity index (χ1n) is 12.5. The molecule has 2 aromatic carbocycles. The van der Waals surface area contributed by atoms with E-state index in [1.165, 1.54) is 12.1 Å². The molecule has 1 aromatic heterocycles. The molecule has 3 aromatic rings. The molecule has 37 heavy (non-hydrogen) atoms. The number of hydrogen-bond donors (Lipinski definition) is 1. The number of aromatic nitrogens is 2. The summed E-state index contributed by atoms with van der Waals surface area (Å²) in [5.74, 6) is 0.0942. The number of urea groups is 1. The van der Waals surface area contributed by atoms with Gasteiger partial charge in [0.05, 0.1) is 36.3 Å². The monoisotopic (exact) mass is 505 g/mol. The van der Waals surface area contributed by atoms with E-state index in [1.54, 1.807) is 30.5 Å². The Kier molecular flexibility index (Phi) is 6.39. The maximum atomic E-state index is 14.3. The van der Waals surface area contributed by atoms with Crippen LogP contribution in [0.3, 0.4) is 0 Å². The third kappa shape index (κ3) is 4.32. The van der Waals surface area contributed by atoms with Crippen molar-refractivity contribution in [2.45, 2.75) is 38.6 Å². The molecule has 3 atom stereocenters. The van der Waals surface area contributed by atoms with Gasteiger partial charge in [0.1, 0.15) is 11.6 Å². The number of halogens is 1. The van der Waals surface area contributed by atoms with Crippen molar-refractivity contribution < 1.29 is 18.7 Å². The molecule has 2 aliphatic heterocycles. The second kappa shape index (κ2) is 9.53. The van der Waals surface area contributed by atoms with Crippen LogP contribution in [0.15, 0.2) is 55.0 Å². The summed E-state index contributed by atoms with van der Waals surface area (Å²) < 4.78 is 21.2. The Labute approximate surface area is 215 Å². The molecule has 5 rings (SSSR count). The lowest BCUT2D eigenvalue weighted by atomic mass is 9.68. The summed E-state index contributed by atoms with van der Waals surface area (Å²) in [7, 11) is 1.62. The molecule has 8 nitrogen and oxygen atoms in total. The van der Waals surface area contributed by atoms with Gasteiger partial charge in [0.15, 0.2) is 0 Å². The molecular weight excluding hydrogens is 473 g/mol. The molecule has 1 spiro atoms. The number of rotatable bonds is 5. The number of carbonyl (C=O) groups excluding carboxylic acids is 2. The maximum Gasteiger partial charge on any atom is 0.314 e. The van der Waals surface area contributed by atoms with Crippen LogP contribution in [0, 0.1) is 18.2 Å². The molecule has 2 fully saturated rings. The molecule has 0 bridgehead atoms. The smallest absolute Gasteiger partial charge is 0.314 e. The molecule has 2 unspecified atom stereocenters. The minimum atomic E-state index is -0.806. The molecule has 0 radical (unpaired) electrons. The second-order valence-corrected chi connectivity index (χ2v) is 10.1. The number of piperidine rings is 1. The highest BCUT2D eigenvalue weighted by atomic mass is 19.1. The Bertz CT molecular complexity index is 1320. The van der Waals surface area contributed by atoms with Crippen molar-refractivity contribution in [2.24, 2.45) is 11.1 Å². The van der Waals surface area contributed by atoms with Crippen molar-refractivity contribution in [3.05, 3.63) is 77.6 Å². The fourth-order valence-corrected chi connectivity index (χ4v) is 6.00. The molecule has 0 aliphatic carbocycles. The van der Waals surface area contributed by atoms with E-state index in [-0.39, 0.29) is 30.2 Å². The van der Waals surface area contributed by atoms with Crippen molar-refractivity contribution in [3.8, 4) is 11.4 Å². The van der Waals surface area contributed by atoms with Gasteiger partial charge in [-0.05, 0) is 62.1 Å². The van der Waals surface area contributed by atoms with E-state index in [9.17, 15) is 14.0 Å².